The Bertz CT molecular complexity index is 472. The van der Waals surface area contributed by atoms with E-state index < -0.39 is 0 Å². The first-order valence-electron chi connectivity index (χ1n) is 7.60. The second-order valence-electron chi connectivity index (χ2n) is 6.05. The first-order valence-corrected chi connectivity index (χ1v) is 7.60. The molecule has 2 nitrogen and oxygen atoms in total. The summed E-state index contributed by atoms with van der Waals surface area (Å²) < 4.78 is 27.1. The molecule has 4 heteroatoms. The molecule has 0 spiro atoms. The Labute approximate surface area is 119 Å². The standard InChI is InChI=1S/C16H22F2N2/c1-11(20-8-2-3-9-20)15-6-7-16(19-15)13-10-12(17)4-5-14(13)18/h4-5,10-11,15-16,19H,2-3,6-9H2,1H3/t11?,15?,16-/m1/s1. The summed E-state index contributed by atoms with van der Waals surface area (Å²) in [5.74, 6) is -0.669. The highest BCUT2D eigenvalue weighted by atomic mass is 19.1. The number of likely N-dealkylation sites (tertiary alicyclic amines) is 1. The summed E-state index contributed by atoms with van der Waals surface area (Å²) in [4.78, 5) is 2.50. The van der Waals surface area contributed by atoms with E-state index in [-0.39, 0.29) is 17.7 Å². The summed E-state index contributed by atoms with van der Waals surface area (Å²) in [6, 6.07) is 4.53. The quantitative estimate of drug-likeness (QED) is 0.914. The van der Waals surface area contributed by atoms with E-state index in [0.717, 1.165) is 12.8 Å². The molecule has 2 heterocycles. The fourth-order valence-electron chi connectivity index (χ4n) is 3.58. The van der Waals surface area contributed by atoms with Crippen molar-refractivity contribution >= 4 is 0 Å². The maximum Gasteiger partial charge on any atom is 0.128 e. The molecule has 2 aliphatic heterocycles. The van der Waals surface area contributed by atoms with E-state index >= 15 is 0 Å². The van der Waals surface area contributed by atoms with Gasteiger partial charge in [-0.2, -0.15) is 0 Å². The van der Waals surface area contributed by atoms with Gasteiger partial charge in [0.1, 0.15) is 11.6 Å². The van der Waals surface area contributed by atoms with Crippen LogP contribution in [-0.4, -0.2) is 30.1 Å². The number of hydrogen-bond acceptors (Lipinski definition) is 2. The van der Waals surface area contributed by atoms with Gasteiger partial charge in [0.05, 0.1) is 0 Å². The predicted molar refractivity (Wildman–Crippen MR) is 75.5 cm³/mol. The van der Waals surface area contributed by atoms with E-state index in [1.165, 1.54) is 44.1 Å². The molecule has 2 saturated heterocycles. The third-order valence-corrected chi connectivity index (χ3v) is 4.81. The summed E-state index contributed by atoms with van der Waals surface area (Å²) in [5.41, 5.74) is 0.473. The highest BCUT2D eigenvalue weighted by Gasteiger charge is 2.33. The molecule has 1 aromatic carbocycles. The molecule has 20 heavy (non-hydrogen) atoms. The minimum Gasteiger partial charge on any atom is -0.306 e. The van der Waals surface area contributed by atoms with E-state index in [4.69, 9.17) is 0 Å². The Kier molecular flexibility index (Phi) is 4.03. The van der Waals surface area contributed by atoms with Crippen molar-refractivity contribution in [3.8, 4) is 0 Å². The monoisotopic (exact) mass is 280 g/mol. The van der Waals surface area contributed by atoms with Crippen molar-refractivity contribution < 1.29 is 8.78 Å². The predicted octanol–water partition coefficient (Wildman–Crippen LogP) is 3.24. The molecular formula is C16H22F2N2. The zero-order chi connectivity index (χ0) is 14.1. The van der Waals surface area contributed by atoms with Crippen LogP contribution in [0.25, 0.3) is 0 Å². The largest absolute Gasteiger partial charge is 0.306 e. The van der Waals surface area contributed by atoms with E-state index in [9.17, 15) is 8.78 Å². The minimum absolute atomic E-state index is 0.0549. The van der Waals surface area contributed by atoms with Crippen LogP contribution in [0.4, 0.5) is 8.78 Å². The number of nitrogens with one attached hydrogen (secondary N) is 1. The second-order valence-corrected chi connectivity index (χ2v) is 6.05. The Morgan fingerprint density at radius 1 is 1.20 bits per heavy atom. The van der Waals surface area contributed by atoms with Gasteiger partial charge in [-0.25, -0.2) is 8.78 Å². The van der Waals surface area contributed by atoms with E-state index in [1.54, 1.807) is 0 Å². The van der Waals surface area contributed by atoms with Crippen LogP contribution < -0.4 is 5.32 Å². The summed E-state index contributed by atoms with van der Waals surface area (Å²) in [5, 5.41) is 3.50. The lowest BCUT2D eigenvalue weighted by atomic mass is 10.0. The summed E-state index contributed by atoms with van der Waals surface area (Å²) in [6.45, 7) is 4.57. The van der Waals surface area contributed by atoms with Gasteiger partial charge < -0.3 is 5.32 Å². The molecule has 3 rings (SSSR count). The van der Waals surface area contributed by atoms with Crippen molar-refractivity contribution in [1.82, 2.24) is 10.2 Å². The van der Waals surface area contributed by atoms with Crippen LogP contribution in [0.2, 0.25) is 0 Å². The van der Waals surface area contributed by atoms with Crippen molar-refractivity contribution in [2.75, 3.05) is 13.1 Å². The third-order valence-electron chi connectivity index (χ3n) is 4.81. The Morgan fingerprint density at radius 2 is 1.95 bits per heavy atom. The molecule has 0 saturated carbocycles. The molecule has 0 bridgehead atoms. The van der Waals surface area contributed by atoms with Crippen molar-refractivity contribution in [2.24, 2.45) is 0 Å². The molecule has 0 amide bonds. The Morgan fingerprint density at radius 3 is 2.70 bits per heavy atom. The van der Waals surface area contributed by atoms with Crippen molar-refractivity contribution in [1.29, 1.82) is 0 Å². The summed E-state index contributed by atoms with van der Waals surface area (Å²) in [7, 11) is 0. The first-order chi connectivity index (χ1) is 9.65. The maximum atomic E-state index is 13.8. The van der Waals surface area contributed by atoms with Gasteiger partial charge in [0.15, 0.2) is 0 Å². The zero-order valence-electron chi connectivity index (χ0n) is 11.9. The van der Waals surface area contributed by atoms with Crippen molar-refractivity contribution in [3.63, 3.8) is 0 Å². The van der Waals surface area contributed by atoms with Gasteiger partial charge in [0, 0.05) is 23.7 Å². The van der Waals surface area contributed by atoms with Crippen LogP contribution in [0, 0.1) is 11.6 Å². The van der Waals surface area contributed by atoms with Crippen LogP contribution in [0.15, 0.2) is 18.2 Å². The minimum atomic E-state index is -0.362. The molecule has 2 aliphatic rings. The topological polar surface area (TPSA) is 15.3 Å². The van der Waals surface area contributed by atoms with Gasteiger partial charge in [0.25, 0.3) is 0 Å². The smallest absolute Gasteiger partial charge is 0.128 e. The lowest BCUT2D eigenvalue weighted by Crippen LogP contribution is -2.44. The van der Waals surface area contributed by atoms with Gasteiger partial charge in [-0.1, -0.05) is 0 Å². The fourth-order valence-corrected chi connectivity index (χ4v) is 3.58. The molecule has 0 radical (unpaired) electrons. The molecule has 0 aliphatic carbocycles. The lowest BCUT2D eigenvalue weighted by molar-refractivity contribution is 0.213. The van der Waals surface area contributed by atoms with Gasteiger partial charge in [-0.3, -0.25) is 4.90 Å². The van der Waals surface area contributed by atoms with Crippen molar-refractivity contribution in [2.45, 2.75) is 50.7 Å². The highest BCUT2D eigenvalue weighted by Crippen LogP contribution is 2.31. The molecule has 1 aromatic rings. The van der Waals surface area contributed by atoms with Crippen LogP contribution in [-0.2, 0) is 0 Å². The van der Waals surface area contributed by atoms with E-state index in [1.807, 2.05) is 0 Å². The van der Waals surface area contributed by atoms with Crippen LogP contribution in [0.3, 0.4) is 0 Å². The Hall–Kier alpha value is -1.00. The number of benzene rings is 1. The molecule has 2 unspecified atom stereocenters. The van der Waals surface area contributed by atoms with Gasteiger partial charge >= 0.3 is 0 Å². The molecule has 110 valence electrons. The molecule has 0 aromatic heterocycles. The van der Waals surface area contributed by atoms with E-state index in [0.29, 0.717) is 17.6 Å². The molecule has 2 fully saturated rings. The highest BCUT2D eigenvalue weighted by molar-refractivity contribution is 5.23. The van der Waals surface area contributed by atoms with Crippen LogP contribution in [0.1, 0.15) is 44.2 Å². The normalized spacial score (nSPS) is 28.9. The number of rotatable bonds is 3. The molecular weight excluding hydrogens is 258 g/mol. The number of nitrogens with zero attached hydrogens (tertiary/aromatic N) is 1. The Balaban J connectivity index is 1.68. The summed E-state index contributed by atoms with van der Waals surface area (Å²) in [6.07, 6.45) is 4.46. The van der Waals surface area contributed by atoms with Gasteiger partial charge in [-0.15, -0.1) is 0 Å². The zero-order valence-corrected chi connectivity index (χ0v) is 11.9. The molecule has 3 atom stereocenters. The maximum absolute atomic E-state index is 13.8. The number of hydrogen-bond donors (Lipinski definition) is 1. The second kappa shape index (κ2) is 5.78. The lowest BCUT2D eigenvalue weighted by Gasteiger charge is -2.29. The average Bonchev–Trinajstić information content (AvgIpc) is 3.11. The van der Waals surface area contributed by atoms with Crippen LogP contribution >= 0.6 is 0 Å². The third kappa shape index (κ3) is 2.72. The average molecular weight is 280 g/mol. The number of halogens is 2. The van der Waals surface area contributed by atoms with E-state index in [2.05, 4.69) is 17.1 Å². The fraction of sp³-hybridized carbons (Fsp3) is 0.625. The SMILES string of the molecule is CC(C1CC[C@H](c2cc(F)ccc2F)N1)N1CCCC1. The van der Waals surface area contributed by atoms with Gasteiger partial charge in [0.2, 0.25) is 0 Å². The first kappa shape index (κ1) is 14.0. The summed E-state index contributed by atoms with van der Waals surface area (Å²) >= 11 is 0. The van der Waals surface area contributed by atoms with Crippen molar-refractivity contribution in [3.05, 3.63) is 35.4 Å². The van der Waals surface area contributed by atoms with Crippen LogP contribution in [0.5, 0.6) is 0 Å². The molecule has 1 N–H and O–H groups in total. The van der Waals surface area contributed by atoms with Gasteiger partial charge in [-0.05, 0) is 63.9 Å².